The average Bonchev–Trinajstić information content (AvgIpc) is 2.55. The van der Waals surface area contributed by atoms with Crippen molar-refractivity contribution in [3.05, 3.63) is 29.8 Å². The first-order chi connectivity index (χ1) is 12.5. The number of rotatable bonds is 7. The summed E-state index contributed by atoms with van der Waals surface area (Å²) in [5, 5.41) is 14.0. The van der Waals surface area contributed by atoms with E-state index in [0.717, 1.165) is 5.56 Å². The maximum absolute atomic E-state index is 11.5. The molecular weight excluding hydrogens is 497 g/mol. The van der Waals surface area contributed by atoms with Crippen molar-refractivity contribution < 1.29 is 17.9 Å². The van der Waals surface area contributed by atoms with E-state index in [9.17, 15) is 13.2 Å². The molecule has 0 spiro atoms. The molecule has 0 heterocycles. The van der Waals surface area contributed by atoms with Crippen molar-refractivity contribution in [2.45, 2.75) is 44.2 Å². The molecule has 0 aromatic heterocycles. The molecule has 0 aliphatic heterocycles. The lowest BCUT2D eigenvalue weighted by molar-refractivity contribution is 0.0527. The highest BCUT2D eigenvalue weighted by Gasteiger charge is 2.15. The molecule has 0 aliphatic rings. The number of guanidine groups is 1. The number of carbonyl (C=O) groups excluding carboxylic acids is 1. The molecule has 5 N–H and O–H groups in total. The number of alkyl carbamates (subject to hydrolysis) is 1. The topological polar surface area (TPSA) is 135 Å². The Balaban J connectivity index is 0.00000729. The molecule has 0 aliphatic carbocycles. The van der Waals surface area contributed by atoms with Crippen molar-refractivity contribution in [3.8, 4) is 0 Å². The van der Waals surface area contributed by atoms with E-state index in [1.807, 2.05) is 20.8 Å². The van der Waals surface area contributed by atoms with Crippen molar-refractivity contribution in [2.24, 2.45) is 10.1 Å². The highest BCUT2D eigenvalue weighted by Crippen LogP contribution is 2.09. The van der Waals surface area contributed by atoms with Crippen LogP contribution < -0.4 is 21.1 Å². The lowest BCUT2D eigenvalue weighted by Crippen LogP contribution is -2.39. The van der Waals surface area contributed by atoms with Gasteiger partial charge in [0, 0.05) is 26.7 Å². The first kappa shape index (κ1) is 26.4. The van der Waals surface area contributed by atoms with Crippen LogP contribution in [0.15, 0.2) is 34.2 Å². The minimum absolute atomic E-state index is 0. The van der Waals surface area contributed by atoms with Crippen LogP contribution in [0.3, 0.4) is 0 Å². The fourth-order valence-electron chi connectivity index (χ4n) is 2.04. The lowest BCUT2D eigenvalue weighted by atomic mass is 10.2. The van der Waals surface area contributed by atoms with Gasteiger partial charge in [-0.1, -0.05) is 12.1 Å². The van der Waals surface area contributed by atoms with Crippen LogP contribution in [0, 0.1) is 0 Å². The van der Waals surface area contributed by atoms with Gasteiger partial charge in [0.15, 0.2) is 5.96 Å². The van der Waals surface area contributed by atoms with Crippen LogP contribution in [0.4, 0.5) is 4.79 Å². The van der Waals surface area contributed by atoms with E-state index in [0.29, 0.717) is 32.0 Å². The minimum Gasteiger partial charge on any atom is -0.444 e. The summed E-state index contributed by atoms with van der Waals surface area (Å²) >= 11 is 0. The molecular formula is C17H30IN5O4S. The quantitative estimate of drug-likeness (QED) is 0.184. The Morgan fingerprint density at radius 1 is 1.18 bits per heavy atom. The predicted octanol–water partition coefficient (Wildman–Crippen LogP) is 1.53. The number of nitrogens with one attached hydrogen (secondary N) is 3. The van der Waals surface area contributed by atoms with Crippen molar-refractivity contribution in [1.82, 2.24) is 16.0 Å². The number of nitrogens with two attached hydrogens (primary N) is 1. The zero-order valence-corrected chi connectivity index (χ0v) is 19.8. The number of hydrogen-bond acceptors (Lipinski definition) is 5. The number of hydrogen-bond donors (Lipinski definition) is 4. The van der Waals surface area contributed by atoms with E-state index >= 15 is 0 Å². The monoisotopic (exact) mass is 527 g/mol. The summed E-state index contributed by atoms with van der Waals surface area (Å²) in [6.45, 7) is 6.87. The van der Waals surface area contributed by atoms with E-state index in [1.54, 1.807) is 19.2 Å². The highest BCUT2D eigenvalue weighted by atomic mass is 127. The zero-order valence-electron chi connectivity index (χ0n) is 16.6. The molecule has 0 fully saturated rings. The van der Waals surface area contributed by atoms with Gasteiger partial charge in [-0.15, -0.1) is 24.0 Å². The molecule has 28 heavy (non-hydrogen) atoms. The molecule has 160 valence electrons. The van der Waals surface area contributed by atoms with Gasteiger partial charge < -0.3 is 20.7 Å². The Morgan fingerprint density at radius 2 is 1.82 bits per heavy atom. The van der Waals surface area contributed by atoms with Gasteiger partial charge in [-0.05, 0) is 44.9 Å². The Kier molecular flexibility index (Phi) is 11.4. The molecule has 11 heteroatoms. The molecule has 1 rings (SSSR count). The van der Waals surface area contributed by atoms with Crippen molar-refractivity contribution in [3.63, 3.8) is 0 Å². The number of aliphatic imine (C=N–C) groups is 1. The van der Waals surface area contributed by atoms with Gasteiger partial charge in [-0.3, -0.25) is 4.99 Å². The summed E-state index contributed by atoms with van der Waals surface area (Å²) in [6.07, 6.45) is 0.237. The highest BCUT2D eigenvalue weighted by molar-refractivity contribution is 14.0. The number of nitrogens with zero attached hydrogens (tertiary/aromatic N) is 1. The van der Waals surface area contributed by atoms with Gasteiger partial charge in [0.05, 0.1) is 4.90 Å². The van der Waals surface area contributed by atoms with Crippen molar-refractivity contribution >= 4 is 46.1 Å². The van der Waals surface area contributed by atoms with Gasteiger partial charge in [0.2, 0.25) is 10.0 Å². The van der Waals surface area contributed by atoms with Crippen molar-refractivity contribution in [2.75, 3.05) is 20.1 Å². The molecule has 9 nitrogen and oxygen atoms in total. The Bertz CT molecular complexity index is 763. The van der Waals surface area contributed by atoms with Crippen LogP contribution in [0.1, 0.15) is 32.8 Å². The number of sulfonamides is 1. The second kappa shape index (κ2) is 12.1. The third-order valence-electron chi connectivity index (χ3n) is 3.22. The van der Waals surface area contributed by atoms with Crippen molar-refractivity contribution in [1.29, 1.82) is 0 Å². The SMILES string of the molecule is CN=C(NCCCNC(=O)OC(C)(C)C)NCc1cccc(S(N)(=O)=O)c1.I. The van der Waals surface area contributed by atoms with Gasteiger partial charge in [0.1, 0.15) is 5.60 Å². The molecule has 1 amide bonds. The van der Waals surface area contributed by atoms with Gasteiger partial charge in [0.25, 0.3) is 0 Å². The Hall–Kier alpha value is -1.60. The second-order valence-electron chi connectivity index (χ2n) is 6.83. The molecule has 0 unspecified atom stereocenters. The maximum Gasteiger partial charge on any atom is 0.407 e. The van der Waals surface area contributed by atoms with Gasteiger partial charge in [-0.25, -0.2) is 18.4 Å². The van der Waals surface area contributed by atoms with E-state index in [1.165, 1.54) is 12.1 Å². The molecule has 0 saturated heterocycles. The number of amides is 1. The van der Waals surface area contributed by atoms with E-state index < -0.39 is 21.7 Å². The lowest BCUT2D eigenvalue weighted by Gasteiger charge is -2.19. The standard InChI is InChI=1S/C17H29N5O4S.HI/c1-17(2,3)26-16(23)21-10-6-9-20-15(19-4)22-12-13-7-5-8-14(11-13)27(18,24)25;/h5,7-8,11H,6,9-10,12H2,1-4H3,(H,21,23)(H2,18,24,25)(H2,19,20,22);1H. The third-order valence-corrected chi connectivity index (χ3v) is 4.14. The van der Waals surface area contributed by atoms with Crippen LogP contribution in [0.5, 0.6) is 0 Å². The fraction of sp³-hybridized carbons (Fsp3) is 0.529. The molecule has 0 bridgehead atoms. The van der Waals surface area contributed by atoms with Crippen LogP contribution in [0.25, 0.3) is 0 Å². The third kappa shape index (κ3) is 11.3. The summed E-state index contributed by atoms with van der Waals surface area (Å²) < 4.78 is 27.9. The Labute approximate surface area is 184 Å². The molecule has 1 aromatic rings. The summed E-state index contributed by atoms with van der Waals surface area (Å²) in [6, 6.07) is 6.39. The fourth-order valence-corrected chi connectivity index (χ4v) is 2.62. The first-order valence-electron chi connectivity index (χ1n) is 8.54. The molecule has 0 saturated carbocycles. The predicted molar refractivity (Wildman–Crippen MR) is 120 cm³/mol. The van der Waals surface area contributed by atoms with Crippen LogP contribution in [-0.2, 0) is 21.3 Å². The van der Waals surface area contributed by atoms with Crippen LogP contribution in [-0.4, -0.2) is 46.2 Å². The number of carbonyl (C=O) groups is 1. The molecule has 0 atom stereocenters. The summed E-state index contributed by atoms with van der Waals surface area (Å²) in [4.78, 5) is 15.7. The molecule has 0 radical (unpaired) electrons. The zero-order chi connectivity index (χ0) is 20.5. The first-order valence-corrected chi connectivity index (χ1v) is 10.1. The number of ether oxygens (including phenoxy) is 1. The van der Waals surface area contributed by atoms with E-state index in [2.05, 4.69) is 20.9 Å². The number of primary sulfonamides is 1. The van der Waals surface area contributed by atoms with Crippen LogP contribution in [0.2, 0.25) is 0 Å². The normalized spacial score (nSPS) is 12.0. The summed E-state index contributed by atoms with van der Waals surface area (Å²) in [7, 11) is -2.09. The van der Waals surface area contributed by atoms with E-state index in [4.69, 9.17) is 9.88 Å². The van der Waals surface area contributed by atoms with Crippen LogP contribution >= 0.6 is 24.0 Å². The smallest absolute Gasteiger partial charge is 0.407 e. The largest absolute Gasteiger partial charge is 0.444 e. The Morgan fingerprint density at radius 3 is 2.39 bits per heavy atom. The second-order valence-corrected chi connectivity index (χ2v) is 8.39. The maximum atomic E-state index is 11.5. The number of benzene rings is 1. The van der Waals surface area contributed by atoms with Gasteiger partial charge in [-0.2, -0.15) is 0 Å². The summed E-state index contributed by atoms with van der Waals surface area (Å²) in [5.41, 5.74) is 0.241. The average molecular weight is 527 g/mol. The van der Waals surface area contributed by atoms with E-state index in [-0.39, 0.29) is 28.9 Å². The summed E-state index contributed by atoms with van der Waals surface area (Å²) in [5.74, 6) is 0.563. The van der Waals surface area contributed by atoms with Gasteiger partial charge >= 0.3 is 6.09 Å². The minimum atomic E-state index is -3.73. The molecule has 1 aromatic carbocycles. The number of halogens is 1.